The molecule has 0 radical (unpaired) electrons. The molecule has 0 aliphatic carbocycles. The minimum absolute atomic E-state index is 0.182. The highest BCUT2D eigenvalue weighted by Crippen LogP contribution is 2.13. The van der Waals surface area contributed by atoms with Gasteiger partial charge in [0.15, 0.2) is 0 Å². The Bertz CT molecular complexity index is 511. The van der Waals surface area contributed by atoms with Gasteiger partial charge in [-0.15, -0.1) is 0 Å². The van der Waals surface area contributed by atoms with Gasteiger partial charge < -0.3 is 5.32 Å². The number of rotatable bonds is 3. The third-order valence-electron chi connectivity index (χ3n) is 2.46. The minimum atomic E-state index is -0.182. The second-order valence-corrected chi connectivity index (χ2v) is 4.19. The smallest absolute Gasteiger partial charge is 0.129 e. The maximum atomic E-state index is 13.3. The third kappa shape index (κ3) is 3.17. The van der Waals surface area contributed by atoms with Crippen LogP contribution in [0.1, 0.15) is 11.1 Å². The largest absolute Gasteiger partial charge is 0.380 e. The fraction of sp³-hybridized carbons (Fsp3) is 0.154. The Hall–Kier alpha value is -1.61. The lowest BCUT2D eigenvalue weighted by Gasteiger charge is -2.07. The van der Waals surface area contributed by atoms with Crippen LogP contribution in [0.3, 0.4) is 0 Å². The summed E-state index contributed by atoms with van der Waals surface area (Å²) in [6.45, 7) is 2.30. The molecule has 1 aromatic carbocycles. The molecule has 0 spiro atoms. The Kier molecular flexibility index (Phi) is 3.59. The van der Waals surface area contributed by atoms with Crippen LogP contribution in [0.2, 0.25) is 5.15 Å². The van der Waals surface area contributed by atoms with Gasteiger partial charge in [-0.1, -0.05) is 23.7 Å². The van der Waals surface area contributed by atoms with E-state index in [2.05, 4.69) is 10.3 Å². The number of nitrogens with zero attached hydrogens (tertiary/aromatic N) is 1. The first-order chi connectivity index (χ1) is 8.15. The van der Waals surface area contributed by atoms with Crippen molar-refractivity contribution in [1.82, 2.24) is 4.98 Å². The molecule has 0 atom stereocenters. The zero-order chi connectivity index (χ0) is 12.3. The predicted octanol–water partition coefficient (Wildman–Crippen LogP) is 3.79. The number of hydrogen-bond acceptors (Lipinski definition) is 2. The monoisotopic (exact) mass is 250 g/mol. The quantitative estimate of drug-likeness (QED) is 0.839. The van der Waals surface area contributed by atoms with Crippen LogP contribution in [0.25, 0.3) is 0 Å². The van der Waals surface area contributed by atoms with Crippen molar-refractivity contribution < 1.29 is 4.39 Å². The number of hydrogen-bond donors (Lipinski definition) is 1. The highest BCUT2D eigenvalue weighted by Gasteiger charge is 1.99. The summed E-state index contributed by atoms with van der Waals surface area (Å²) in [5.74, 6) is -0.182. The summed E-state index contributed by atoms with van der Waals surface area (Å²) in [6, 6.07) is 8.74. The van der Waals surface area contributed by atoms with Crippen molar-refractivity contribution >= 4 is 17.3 Å². The van der Waals surface area contributed by atoms with Gasteiger partial charge in [0.1, 0.15) is 11.0 Å². The maximum Gasteiger partial charge on any atom is 0.129 e. The van der Waals surface area contributed by atoms with E-state index in [1.54, 1.807) is 25.3 Å². The van der Waals surface area contributed by atoms with Gasteiger partial charge in [-0.05, 0) is 36.2 Å². The third-order valence-corrected chi connectivity index (χ3v) is 2.68. The van der Waals surface area contributed by atoms with Crippen molar-refractivity contribution in [3.05, 3.63) is 58.6 Å². The summed E-state index contributed by atoms with van der Waals surface area (Å²) in [6.07, 6.45) is 1.65. The van der Waals surface area contributed by atoms with E-state index in [1.807, 2.05) is 12.1 Å². The molecule has 0 saturated carbocycles. The van der Waals surface area contributed by atoms with Gasteiger partial charge in [-0.25, -0.2) is 9.37 Å². The molecule has 0 amide bonds. The maximum absolute atomic E-state index is 13.3. The Labute approximate surface area is 104 Å². The Balaban J connectivity index is 2.02. The molecule has 1 aromatic heterocycles. The van der Waals surface area contributed by atoms with Crippen molar-refractivity contribution in [3.63, 3.8) is 0 Å². The van der Waals surface area contributed by atoms with Gasteiger partial charge in [-0.3, -0.25) is 0 Å². The molecular formula is C13H12ClFN2. The molecule has 1 heterocycles. The van der Waals surface area contributed by atoms with Crippen LogP contribution in [-0.2, 0) is 6.54 Å². The first-order valence-corrected chi connectivity index (χ1v) is 5.63. The number of aromatic nitrogens is 1. The fourth-order valence-corrected chi connectivity index (χ4v) is 1.54. The molecule has 2 rings (SSSR count). The van der Waals surface area contributed by atoms with Crippen molar-refractivity contribution in [2.45, 2.75) is 13.5 Å². The number of aryl methyl sites for hydroxylation is 1. The minimum Gasteiger partial charge on any atom is -0.380 e. The topological polar surface area (TPSA) is 24.9 Å². The van der Waals surface area contributed by atoms with Crippen LogP contribution < -0.4 is 5.32 Å². The van der Waals surface area contributed by atoms with Gasteiger partial charge >= 0.3 is 0 Å². The van der Waals surface area contributed by atoms with E-state index in [-0.39, 0.29) is 5.82 Å². The highest BCUT2D eigenvalue weighted by molar-refractivity contribution is 6.29. The molecule has 0 saturated heterocycles. The fourth-order valence-electron chi connectivity index (χ4n) is 1.43. The van der Waals surface area contributed by atoms with Gasteiger partial charge in [0.25, 0.3) is 0 Å². The molecule has 0 aliphatic heterocycles. The van der Waals surface area contributed by atoms with E-state index >= 15 is 0 Å². The molecule has 4 heteroatoms. The van der Waals surface area contributed by atoms with Crippen molar-refractivity contribution in [3.8, 4) is 0 Å². The molecule has 0 unspecified atom stereocenters. The summed E-state index contributed by atoms with van der Waals surface area (Å²) in [5.41, 5.74) is 2.40. The second-order valence-electron chi connectivity index (χ2n) is 3.81. The number of benzene rings is 1. The predicted molar refractivity (Wildman–Crippen MR) is 67.7 cm³/mol. The molecule has 17 heavy (non-hydrogen) atoms. The lowest BCUT2D eigenvalue weighted by Crippen LogP contribution is -2.00. The van der Waals surface area contributed by atoms with Crippen LogP contribution in [0.4, 0.5) is 10.1 Å². The molecule has 1 N–H and O–H groups in total. The summed E-state index contributed by atoms with van der Waals surface area (Å²) in [5, 5.41) is 3.60. The second kappa shape index (κ2) is 5.15. The Morgan fingerprint density at radius 2 is 2.12 bits per heavy atom. The van der Waals surface area contributed by atoms with Crippen molar-refractivity contribution in [2.75, 3.05) is 5.32 Å². The SMILES string of the molecule is Cc1ccc(CNc2ccc(Cl)nc2)cc1F. The first kappa shape index (κ1) is 11.9. The van der Waals surface area contributed by atoms with Gasteiger partial charge in [-0.2, -0.15) is 0 Å². The molecule has 0 aliphatic rings. The molecular weight excluding hydrogens is 239 g/mol. The molecule has 88 valence electrons. The summed E-state index contributed by atoms with van der Waals surface area (Å²) in [4.78, 5) is 3.95. The lowest BCUT2D eigenvalue weighted by atomic mass is 10.1. The zero-order valence-electron chi connectivity index (χ0n) is 9.37. The molecule has 0 bridgehead atoms. The average molecular weight is 251 g/mol. The van der Waals surface area contributed by atoms with Crippen LogP contribution in [0.15, 0.2) is 36.5 Å². The standard InChI is InChI=1S/C13H12ClFN2/c1-9-2-3-10(6-12(9)15)7-16-11-4-5-13(14)17-8-11/h2-6,8,16H,7H2,1H3. The number of nitrogens with one attached hydrogen (secondary N) is 1. The van der Waals surface area contributed by atoms with Gasteiger partial charge in [0, 0.05) is 6.54 Å². The summed E-state index contributed by atoms with van der Waals surface area (Å²) < 4.78 is 13.3. The molecule has 2 aromatic rings. The average Bonchev–Trinajstić information content (AvgIpc) is 2.33. The first-order valence-electron chi connectivity index (χ1n) is 5.25. The van der Waals surface area contributed by atoms with Gasteiger partial charge in [0.05, 0.1) is 11.9 Å². The van der Waals surface area contributed by atoms with E-state index in [9.17, 15) is 4.39 Å². The van der Waals surface area contributed by atoms with Crippen LogP contribution in [0, 0.1) is 12.7 Å². The summed E-state index contributed by atoms with van der Waals surface area (Å²) in [7, 11) is 0. The van der Waals surface area contributed by atoms with Gasteiger partial charge in [0.2, 0.25) is 0 Å². The number of anilines is 1. The zero-order valence-corrected chi connectivity index (χ0v) is 10.1. The number of halogens is 2. The van der Waals surface area contributed by atoms with Crippen LogP contribution >= 0.6 is 11.6 Å². The Morgan fingerprint density at radius 3 is 2.76 bits per heavy atom. The summed E-state index contributed by atoms with van der Waals surface area (Å²) >= 11 is 5.68. The Morgan fingerprint density at radius 1 is 1.29 bits per heavy atom. The molecule has 0 fully saturated rings. The van der Waals surface area contributed by atoms with Crippen molar-refractivity contribution in [1.29, 1.82) is 0 Å². The van der Waals surface area contributed by atoms with Crippen molar-refractivity contribution in [2.24, 2.45) is 0 Å². The van der Waals surface area contributed by atoms with Crippen LogP contribution in [0.5, 0.6) is 0 Å². The van der Waals surface area contributed by atoms with E-state index in [1.165, 1.54) is 6.07 Å². The van der Waals surface area contributed by atoms with E-state index < -0.39 is 0 Å². The normalized spacial score (nSPS) is 10.3. The van der Waals surface area contributed by atoms with Crippen LogP contribution in [-0.4, -0.2) is 4.98 Å². The lowest BCUT2D eigenvalue weighted by molar-refractivity contribution is 0.616. The molecule has 2 nitrogen and oxygen atoms in total. The van der Waals surface area contributed by atoms with E-state index in [0.29, 0.717) is 17.3 Å². The van der Waals surface area contributed by atoms with E-state index in [0.717, 1.165) is 11.3 Å². The van der Waals surface area contributed by atoms with E-state index in [4.69, 9.17) is 11.6 Å². The highest BCUT2D eigenvalue weighted by atomic mass is 35.5. The number of pyridine rings is 1.